The van der Waals surface area contributed by atoms with E-state index in [9.17, 15) is 9.90 Å². The summed E-state index contributed by atoms with van der Waals surface area (Å²) in [4.78, 5) is 11.9. The van der Waals surface area contributed by atoms with E-state index < -0.39 is 5.91 Å². The average molecular weight is 248 g/mol. The number of nitrogens with zero attached hydrogens (tertiary/aromatic N) is 1. The standard InChI is InChI=1S/C12H12N2O4/c1-7-6-10(14-18-7)13-12(16)8-4-3-5-9(17-2)11(8)15/h3-6,15H,1-2H3,(H,13,14,16). The lowest BCUT2D eigenvalue weighted by molar-refractivity contribution is 0.102. The number of nitrogens with one attached hydrogen (secondary N) is 1. The molecule has 0 bridgehead atoms. The van der Waals surface area contributed by atoms with E-state index in [4.69, 9.17) is 9.26 Å². The molecule has 94 valence electrons. The van der Waals surface area contributed by atoms with Crippen molar-refractivity contribution < 1.29 is 19.2 Å². The Labute approximate surface area is 103 Å². The molecule has 18 heavy (non-hydrogen) atoms. The molecule has 0 aliphatic rings. The van der Waals surface area contributed by atoms with Crippen LogP contribution < -0.4 is 10.1 Å². The number of methoxy groups -OCH3 is 1. The van der Waals surface area contributed by atoms with Gasteiger partial charge in [-0.2, -0.15) is 0 Å². The van der Waals surface area contributed by atoms with Gasteiger partial charge in [0.1, 0.15) is 5.76 Å². The highest BCUT2D eigenvalue weighted by atomic mass is 16.5. The number of aryl methyl sites for hydroxylation is 1. The molecule has 0 radical (unpaired) electrons. The fourth-order valence-electron chi connectivity index (χ4n) is 1.48. The SMILES string of the molecule is COc1cccc(C(=O)Nc2cc(C)on2)c1O. The molecule has 1 heterocycles. The monoisotopic (exact) mass is 248 g/mol. The highest BCUT2D eigenvalue weighted by Crippen LogP contribution is 2.29. The predicted molar refractivity (Wildman–Crippen MR) is 63.9 cm³/mol. The number of phenolic OH excluding ortho intramolecular Hbond substituents is 1. The molecule has 0 saturated heterocycles. The molecular formula is C12H12N2O4. The van der Waals surface area contributed by atoms with Gasteiger partial charge < -0.3 is 19.7 Å². The number of carbonyl (C=O) groups is 1. The second-order valence-corrected chi connectivity index (χ2v) is 3.63. The fourth-order valence-corrected chi connectivity index (χ4v) is 1.48. The van der Waals surface area contributed by atoms with Crippen molar-refractivity contribution in [3.63, 3.8) is 0 Å². The minimum Gasteiger partial charge on any atom is -0.504 e. The first kappa shape index (κ1) is 12.0. The van der Waals surface area contributed by atoms with Gasteiger partial charge in [0.2, 0.25) is 0 Å². The number of benzene rings is 1. The summed E-state index contributed by atoms with van der Waals surface area (Å²) in [5, 5.41) is 16.0. The van der Waals surface area contributed by atoms with E-state index in [0.29, 0.717) is 11.6 Å². The average Bonchev–Trinajstić information content (AvgIpc) is 2.75. The molecule has 2 aromatic rings. The van der Waals surface area contributed by atoms with Gasteiger partial charge in [0.15, 0.2) is 17.3 Å². The van der Waals surface area contributed by atoms with Gasteiger partial charge >= 0.3 is 0 Å². The van der Waals surface area contributed by atoms with Crippen LogP contribution in [0.1, 0.15) is 16.1 Å². The molecular weight excluding hydrogens is 236 g/mol. The molecule has 1 aromatic heterocycles. The van der Waals surface area contributed by atoms with E-state index in [1.165, 1.54) is 13.2 Å². The summed E-state index contributed by atoms with van der Waals surface area (Å²) in [5.74, 6) is 0.413. The van der Waals surface area contributed by atoms with Crippen LogP contribution >= 0.6 is 0 Å². The Balaban J connectivity index is 2.24. The van der Waals surface area contributed by atoms with Crippen LogP contribution in [0.15, 0.2) is 28.8 Å². The minimum absolute atomic E-state index is 0.106. The van der Waals surface area contributed by atoms with Gasteiger partial charge in [0, 0.05) is 6.07 Å². The van der Waals surface area contributed by atoms with Crippen molar-refractivity contribution in [3.8, 4) is 11.5 Å². The third-order valence-electron chi connectivity index (χ3n) is 2.33. The Morgan fingerprint density at radius 2 is 2.28 bits per heavy atom. The molecule has 2 rings (SSSR count). The Bertz CT molecular complexity index is 577. The number of hydrogen-bond donors (Lipinski definition) is 2. The first-order valence-corrected chi connectivity index (χ1v) is 5.22. The number of amides is 1. The predicted octanol–water partition coefficient (Wildman–Crippen LogP) is 1.95. The third kappa shape index (κ3) is 2.27. The summed E-state index contributed by atoms with van der Waals surface area (Å²) in [6.07, 6.45) is 0. The minimum atomic E-state index is -0.486. The van der Waals surface area contributed by atoms with Crippen molar-refractivity contribution in [2.75, 3.05) is 12.4 Å². The Kier molecular flexibility index (Phi) is 3.18. The second-order valence-electron chi connectivity index (χ2n) is 3.63. The van der Waals surface area contributed by atoms with Gasteiger partial charge in [-0.15, -0.1) is 0 Å². The van der Waals surface area contributed by atoms with Crippen LogP contribution in [0.4, 0.5) is 5.82 Å². The van der Waals surface area contributed by atoms with Crippen molar-refractivity contribution >= 4 is 11.7 Å². The molecule has 1 amide bonds. The van der Waals surface area contributed by atoms with Crippen molar-refractivity contribution in [1.29, 1.82) is 0 Å². The molecule has 6 nitrogen and oxygen atoms in total. The molecule has 0 aliphatic carbocycles. The normalized spacial score (nSPS) is 10.1. The van der Waals surface area contributed by atoms with Gasteiger partial charge in [-0.3, -0.25) is 4.79 Å². The van der Waals surface area contributed by atoms with E-state index in [0.717, 1.165) is 0 Å². The van der Waals surface area contributed by atoms with E-state index in [1.807, 2.05) is 0 Å². The highest BCUT2D eigenvalue weighted by molar-refractivity contribution is 6.06. The van der Waals surface area contributed by atoms with Crippen molar-refractivity contribution in [2.45, 2.75) is 6.92 Å². The molecule has 0 unspecified atom stereocenters. The number of carbonyl (C=O) groups excluding carboxylic acids is 1. The van der Waals surface area contributed by atoms with Gasteiger partial charge in [0.25, 0.3) is 5.91 Å². The largest absolute Gasteiger partial charge is 0.504 e. The van der Waals surface area contributed by atoms with Crippen LogP contribution in [0.3, 0.4) is 0 Å². The number of anilines is 1. The summed E-state index contributed by atoms with van der Waals surface area (Å²) >= 11 is 0. The van der Waals surface area contributed by atoms with Gasteiger partial charge in [-0.1, -0.05) is 11.2 Å². The Hall–Kier alpha value is -2.50. The molecule has 0 spiro atoms. The Morgan fingerprint density at radius 3 is 2.89 bits per heavy atom. The van der Waals surface area contributed by atoms with Crippen LogP contribution in [0.25, 0.3) is 0 Å². The topological polar surface area (TPSA) is 84.6 Å². The van der Waals surface area contributed by atoms with Crippen LogP contribution in [0, 0.1) is 6.92 Å². The van der Waals surface area contributed by atoms with Crippen LogP contribution in [0.2, 0.25) is 0 Å². The maximum absolute atomic E-state index is 11.9. The number of para-hydroxylation sites is 1. The number of ether oxygens (including phenoxy) is 1. The third-order valence-corrected chi connectivity index (χ3v) is 2.33. The van der Waals surface area contributed by atoms with Gasteiger partial charge in [0.05, 0.1) is 12.7 Å². The summed E-state index contributed by atoms with van der Waals surface area (Å²) in [7, 11) is 1.41. The summed E-state index contributed by atoms with van der Waals surface area (Å²) in [6, 6.07) is 6.24. The number of rotatable bonds is 3. The lowest BCUT2D eigenvalue weighted by Crippen LogP contribution is -2.12. The molecule has 0 atom stereocenters. The zero-order valence-corrected chi connectivity index (χ0v) is 9.93. The summed E-state index contributed by atoms with van der Waals surface area (Å²) < 4.78 is 9.75. The van der Waals surface area contributed by atoms with E-state index in [-0.39, 0.29) is 17.1 Å². The van der Waals surface area contributed by atoms with Crippen LogP contribution in [0.5, 0.6) is 11.5 Å². The van der Waals surface area contributed by atoms with E-state index in [2.05, 4.69) is 10.5 Å². The van der Waals surface area contributed by atoms with Gasteiger partial charge in [-0.05, 0) is 19.1 Å². The summed E-state index contributed by atoms with van der Waals surface area (Å²) in [6.45, 7) is 1.71. The molecule has 6 heteroatoms. The van der Waals surface area contributed by atoms with E-state index in [1.54, 1.807) is 25.1 Å². The number of aromatic nitrogens is 1. The van der Waals surface area contributed by atoms with Gasteiger partial charge in [-0.25, -0.2) is 0 Å². The smallest absolute Gasteiger partial charge is 0.260 e. The Morgan fingerprint density at radius 1 is 1.50 bits per heavy atom. The molecule has 2 N–H and O–H groups in total. The lowest BCUT2D eigenvalue weighted by atomic mass is 10.1. The summed E-state index contributed by atoms with van der Waals surface area (Å²) in [5.41, 5.74) is 0.106. The molecule has 1 aromatic carbocycles. The maximum Gasteiger partial charge on any atom is 0.260 e. The van der Waals surface area contributed by atoms with Crippen LogP contribution in [-0.2, 0) is 0 Å². The highest BCUT2D eigenvalue weighted by Gasteiger charge is 2.15. The van der Waals surface area contributed by atoms with Crippen LogP contribution in [-0.4, -0.2) is 23.3 Å². The van der Waals surface area contributed by atoms with E-state index >= 15 is 0 Å². The quantitative estimate of drug-likeness (QED) is 0.867. The molecule has 0 aliphatic heterocycles. The van der Waals surface area contributed by atoms with Crippen molar-refractivity contribution in [2.24, 2.45) is 0 Å². The zero-order valence-electron chi connectivity index (χ0n) is 9.93. The first-order valence-electron chi connectivity index (χ1n) is 5.22. The second kappa shape index (κ2) is 4.79. The number of aromatic hydroxyl groups is 1. The molecule has 0 saturated carbocycles. The van der Waals surface area contributed by atoms with Crippen molar-refractivity contribution in [3.05, 3.63) is 35.6 Å². The van der Waals surface area contributed by atoms with Crippen molar-refractivity contribution in [1.82, 2.24) is 5.16 Å². The molecule has 0 fully saturated rings. The number of phenols is 1. The first-order chi connectivity index (χ1) is 8.61. The maximum atomic E-state index is 11.9. The fraction of sp³-hybridized carbons (Fsp3) is 0.167. The lowest BCUT2D eigenvalue weighted by Gasteiger charge is -2.07. The zero-order chi connectivity index (χ0) is 13.1. The number of hydrogen-bond acceptors (Lipinski definition) is 5.